The summed E-state index contributed by atoms with van der Waals surface area (Å²) >= 11 is 3.29. The summed E-state index contributed by atoms with van der Waals surface area (Å²) in [5, 5.41) is 5.71. The number of hydrogen-bond acceptors (Lipinski definition) is 3. The van der Waals surface area contributed by atoms with Crippen LogP contribution in [0.3, 0.4) is 0 Å². The average Bonchev–Trinajstić information content (AvgIpc) is 2.17. The van der Waals surface area contributed by atoms with Crippen molar-refractivity contribution in [2.45, 2.75) is 0 Å². The predicted octanol–water partition coefficient (Wildman–Crippen LogP) is 0.980. The molecule has 0 saturated heterocycles. The van der Waals surface area contributed by atoms with Crippen LogP contribution in [0.25, 0.3) is 0 Å². The van der Waals surface area contributed by atoms with Gasteiger partial charge >= 0.3 is 0 Å². The normalized spacial score (nSPS) is 10.0. The molecule has 4 nitrogen and oxygen atoms in total. The number of amides is 1. The lowest BCUT2D eigenvalue weighted by molar-refractivity contribution is 0.0955. The highest BCUT2D eigenvalue weighted by Crippen LogP contribution is 2.18. The van der Waals surface area contributed by atoms with Crippen molar-refractivity contribution in [3.63, 3.8) is 0 Å². The third-order valence-corrected chi connectivity index (χ3v) is 2.41. The van der Waals surface area contributed by atoms with Crippen molar-refractivity contribution in [1.29, 1.82) is 0 Å². The highest BCUT2D eigenvalue weighted by molar-refractivity contribution is 9.10. The van der Waals surface area contributed by atoms with E-state index >= 15 is 0 Å². The fraction of sp³-hybridized carbons (Fsp3) is 0.300. The highest BCUT2D eigenvalue weighted by Gasteiger charge is 2.08. The number of anilines is 1. The van der Waals surface area contributed by atoms with Crippen LogP contribution in [-0.4, -0.2) is 26.0 Å². The minimum atomic E-state index is -0.143. The van der Waals surface area contributed by atoms with Crippen LogP contribution in [-0.2, 0) is 0 Å². The summed E-state index contributed by atoms with van der Waals surface area (Å²) in [6.07, 6.45) is 0. The van der Waals surface area contributed by atoms with Gasteiger partial charge < -0.3 is 16.4 Å². The van der Waals surface area contributed by atoms with Gasteiger partial charge in [-0.2, -0.15) is 0 Å². The molecular formula is C10H14BrN3O. The van der Waals surface area contributed by atoms with E-state index in [1.165, 1.54) is 0 Å². The molecule has 0 unspecified atom stereocenters. The Kier molecular flexibility index (Phi) is 4.58. The number of likely N-dealkylation sites (N-methyl/N-ethyl adjacent to an activating group) is 1. The van der Waals surface area contributed by atoms with Crippen molar-refractivity contribution in [2.75, 3.05) is 25.9 Å². The van der Waals surface area contributed by atoms with Crippen LogP contribution in [0.1, 0.15) is 10.4 Å². The minimum absolute atomic E-state index is 0.143. The van der Waals surface area contributed by atoms with Gasteiger partial charge in [0.25, 0.3) is 5.91 Å². The summed E-state index contributed by atoms with van der Waals surface area (Å²) < 4.78 is 0.867. The van der Waals surface area contributed by atoms with Gasteiger partial charge in [0, 0.05) is 23.2 Å². The van der Waals surface area contributed by atoms with Crippen molar-refractivity contribution in [3.8, 4) is 0 Å². The van der Waals surface area contributed by atoms with E-state index in [2.05, 4.69) is 26.6 Å². The van der Waals surface area contributed by atoms with E-state index in [9.17, 15) is 4.79 Å². The highest BCUT2D eigenvalue weighted by atomic mass is 79.9. The number of nitrogens with two attached hydrogens (primary N) is 1. The van der Waals surface area contributed by atoms with Crippen LogP contribution in [0.4, 0.5) is 5.69 Å². The van der Waals surface area contributed by atoms with Gasteiger partial charge in [-0.3, -0.25) is 4.79 Å². The zero-order valence-corrected chi connectivity index (χ0v) is 10.1. The summed E-state index contributed by atoms with van der Waals surface area (Å²) in [5.41, 5.74) is 6.71. The molecule has 5 heteroatoms. The van der Waals surface area contributed by atoms with E-state index in [0.29, 0.717) is 17.8 Å². The first-order chi connectivity index (χ1) is 7.15. The standard InChI is InChI=1S/C10H14BrN3O/c1-13-4-5-14-10(15)8-3-2-7(11)6-9(8)12/h2-3,6,13H,4-5,12H2,1H3,(H,14,15). The molecular weight excluding hydrogens is 258 g/mol. The summed E-state index contributed by atoms with van der Waals surface area (Å²) in [6, 6.07) is 5.21. The van der Waals surface area contributed by atoms with Crippen LogP contribution >= 0.6 is 15.9 Å². The fourth-order valence-corrected chi connectivity index (χ4v) is 1.52. The lowest BCUT2D eigenvalue weighted by Gasteiger charge is -2.07. The van der Waals surface area contributed by atoms with Gasteiger partial charge in [-0.25, -0.2) is 0 Å². The Hall–Kier alpha value is -1.07. The average molecular weight is 272 g/mol. The quantitative estimate of drug-likeness (QED) is 0.565. The van der Waals surface area contributed by atoms with Gasteiger partial charge in [0.05, 0.1) is 5.56 Å². The lowest BCUT2D eigenvalue weighted by Crippen LogP contribution is -2.30. The Morgan fingerprint density at radius 1 is 1.47 bits per heavy atom. The maximum atomic E-state index is 11.6. The topological polar surface area (TPSA) is 67.1 Å². The SMILES string of the molecule is CNCCNC(=O)c1ccc(Br)cc1N. The van der Waals surface area contributed by atoms with E-state index in [1.807, 2.05) is 7.05 Å². The monoisotopic (exact) mass is 271 g/mol. The number of halogens is 1. The third-order valence-electron chi connectivity index (χ3n) is 1.92. The van der Waals surface area contributed by atoms with E-state index in [-0.39, 0.29) is 5.91 Å². The molecule has 0 aliphatic rings. The van der Waals surface area contributed by atoms with Crippen molar-refractivity contribution >= 4 is 27.5 Å². The first kappa shape index (κ1) is 12.0. The molecule has 0 aliphatic carbocycles. The number of nitrogen functional groups attached to an aromatic ring is 1. The Labute approximate surface area is 97.4 Å². The number of hydrogen-bond donors (Lipinski definition) is 3. The molecule has 0 atom stereocenters. The number of rotatable bonds is 4. The van der Waals surface area contributed by atoms with Crippen molar-refractivity contribution in [2.24, 2.45) is 0 Å². The Morgan fingerprint density at radius 3 is 2.80 bits per heavy atom. The zero-order valence-electron chi connectivity index (χ0n) is 8.51. The van der Waals surface area contributed by atoms with Crippen LogP contribution in [0.2, 0.25) is 0 Å². The van der Waals surface area contributed by atoms with Gasteiger partial charge in [-0.05, 0) is 25.2 Å². The van der Waals surface area contributed by atoms with Gasteiger partial charge in [-0.15, -0.1) is 0 Å². The maximum absolute atomic E-state index is 11.6. The molecule has 1 amide bonds. The molecule has 0 aromatic heterocycles. The maximum Gasteiger partial charge on any atom is 0.253 e. The smallest absolute Gasteiger partial charge is 0.253 e. The zero-order chi connectivity index (χ0) is 11.3. The number of carbonyl (C=O) groups is 1. The van der Waals surface area contributed by atoms with Crippen molar-refractivity contribution < 1.29 is 4.79 Å². The second kappa shape index (κ2) is 5.72. The first-order valence-corrected chi connectivity index (χ1v) is 5.42. The number of carbonyl (C=O) groups excluding carboxylic acids is 1. The van der Waals surface area contributed by atoms with E-state index in [4.69, 9.17) is 5.73 Å². The molecule has 0 heterocycles. The Balaban J connectivity index is 2.65. The summed E-state index contributed by atoms with van der Waals surface area (Å²) in [7, 11) is 1.83. The summed E-state index contributed by atoms with van der Waals surface area (Å²) in [6.45, 7) is 1.33. The van der Waals surface area contributed by atoms with E-state index in [0.717, 1.165) is 11.0 Å². The van der Waals surface area contributed by atoms with E-state index < -0.39 is 0 Å². The predicted molar refractivity (Wildman–Crippen MR) is 64.8 cm³/mol. The second-order valence-corrected chi connectivity index (χ2v) is 4.01. The van der Waals surface area contributed by atoms with Gasteiger partial charge in [-0.1, -0.05) is 15.9 Å². The van der Waals surface area contributed by atoms with Crippen molar-refractivity contribution in [1.82, 2.24) is 10.6 Å². The van der Waals surface area contributed by atoms with Crippen LogP contribution in [0, 0.1) is 0 Å². The molecule has 15 heavy (non-hydrogen) atoms. The Bertz CT molecular complexity index is 355. The molecule has 0 fully saturated rings. The van der Waals surface area contributed by atoms with Crippen LogP contribution < -0.4 is 16.4 Å². The molecule has 82 valence electrons. The molecule has 0 bridgehead atoms. The molecule has 1 aromatic carbocycles. The Morgan fingerprint density at radius 2 is 2.20 bits per heavy atom. The second-order valence-electron chi connectivity index (χ2n) is 3.09. The van der Waals surface area contributed by atoms with Gasteiger partial charge in [0.15, 0.2) is 0 Å². The van der Waals surface area contributed by atoms with Crippen LogP contribution in [0.15, 0.2) is 22.7 Å². The van der Waals surface area contributed by atoms with Crippen molar-refractivity contribution in [3.05, 3.63) is 28.2 Å². The molecule has 0 radical (unpaired) electrons. The van der Waals surface area contributed by atoms with E-state index in [1.54, 1.807) is 18.2 Å². The molecule has 0 saturated carbocycles. The number of nitrogens with one attached hydrogen (secondary N) is 2. The first-order valence-electron chi connectivity index (χ1n) is 4.63. The molecule has 1 aromatic rings. The lowest BCUT2D eigenvalue weighted by atomic mass is 10.1. The van der Waals surface area contributed by atoms with Gasteiger partial charge in [0.1, 0.15) is 0 Å². The third kappa shape index (κ3) is 3.53. The minimum Gasteiger partial charge on any atom is -0.398 e. The number of benzene rings is 1. The molecule has 0 spiro atoms. The van der Waals surface area contributed by atoms with Gasteiger partial charge in [0.2, 0.25) is 0 Å². The molecule has 1 rings (SSSR count). The van der Waals surface area contributed by atoms with Crippen LogP contribution in [0.5, 0.6) is 0 Å². The largest absolute Gasteiger partial charge is 0.398 e. The summed E-state index contributed by atoms with van der Waals surface area (Å²) in [4.78, 5) is 11.6. The fourth-order valence-electron chi connectivity index (χ4n) is 1.14. The molecule has 0 aliphatic heterocycles. The summed E-state index contributed by atoms with van der Waals surface area (Å²) in [5.74, 6) is -0.143. The molecule has 4 N–H and O–H groups in total.